The molecule has 0 fully saturated rings. The third-order valence-corrected chi connectivity index (χ3v) is 4.54. The highest BCUT2D eigenvalue weighted by Crippen LogP contribution is 2.29. The Morgan fingerprint density at radius 3 is 2.33 bits per heavy atom. The fourth-order valence-electron chi connectivity index (χ4n) is 2.44. The summed E-state index contributed by atoms with van der Waals surface area (Å²) in [5.74, 6) is 1.70. The van der Waals surface area contributed by atoms with Crippen LogP contribution in [-0.4, -0.2) is 22.2 Å². The van der Waals surface area contributed by atoms with Crippen molar-refractivity contribution in [1.29, 1.82) is 0 Å². The fraction of sp³-hybridized carbons (Fsp3) is 0.158. The predicted octanol–water partition coefficient (Wildman–Crippen LogP) is 4.82. The zero-order valence-electron chi connectivity index (χ0n) is 13.7. The number of benzene rings is 2. The number of amidine groups is 1. The van der Waals surface area contributed by atoms with Crippen LogP contribution in [0.2, 0.25) is 0 Å². The minimum absolute atomic E-state index is 0.702. The first-order valence-corrected chi connectivity index (χ1v) is 8.67. The second kappa shape index (κ2) is 7.45. The fourth-order valence-corrected chi connectivity index (χ4v) is 2.79. The van der Waals surface area contributed by atoms with Crippen LogP contribution >= 0.6 is 15.9 Å². The minimum Gasteiger partial charge on any atom is -0.324 e. The Balaban J connectivity index is 2.04. The average Bonchev–Trinajstić information content (AvgIpc) is 2.91. The van der Waals surface area contributed by atoms with Crippen molar-refractivity contribution in [3.63, 3.8) is 0 Å². The summed E-state index contributed by atoms with van der Waals surface area (Å²) in [7, 11) is 0. The van der Waals surface area contributed by atoms with Crippen molar-refractivity contribution in [2.24, 2.45) is 4.99 Å². The summed E-state index contributed by atoms with van der Waals surface area (Å²) < 4.78 is 2.83. The molecule has 0 radical (unpaired) electrons. The molecule has 5 heteroatoms. The largest absolute Gasteiger partial charge is 0.324 e. The van der Waals surface area contributed by atoms with Crippen molar-refractivity contribution in [3.8, 4) is 5.69 Å². The summed E-state index contributed by atoms with van der Waals surface area (Å²) in [5.41, 5.74) is 2.97. The molecule has 0 saturated carbocycles. The van der Waals surface area contributed by atoms with Crippen LogP contribution in [0.25, 0.3) is 5.69 Å². The van der Waals surface area contributed by atoms with Gasteiger partial charge in [-0.2, -0.15) is 5.10 Å². The molecule has 0 bridgehead atoms. The highest BCUT2D eigenvalue weighted by molar-refractivity contribution is 9.10. The zero-order chi connectivity index (χ0) is 16.9. The Labute approximate surface area is 150 Å². The normalized spacial score (nSPS) is 11.5. The van der Waals surface area contributed by atoms with Gasteiger partial charge in [0.25, 0.3) is 0 Å². The van der Waals surface area contributed by atoms with Crippen molar-refractivity contribution in [1.82, 2.24) is 9.78 Å². The van der Waals surface area contributed by atoms with Crippen molar-refractivity contribution < 1.29 is 0 Å². The lowest BCUT2D eigenvalue weighted by Crippen LogP contribution is -2.17. The Morgan fingerprint density at radius 1 is 1.08 bits per heavy atom. The van der Waals surface area contributed by atoms with Gasteiger partial charge in [0.15, 0.2) is 0 Å². The molecule has 0 atom stereocenters. The summed E-state index contributed by atoms with van der Waals surface area (Å²) in [4.78, 5) is 4.62. The third kappa shape index (κ3) is 3.41. The molecule has 24 heavy (non-hydrogen) atoms. The molecule has 3 aromatic rings. The lowest BCUT2D eigenvalue weighted by atomic mass is 10.2. The van der Waals surface area contributed by atoms with Crippen LogP contribution in [-0.2, 0) is 0 Å². The first-order chi connectivity index (χ1) is 11.7. The molecule has 1 aromatic heterocycles. The van der Waals surface area contributed by atoms with Gasteiger partial charge in [0.1, 0.15) is 11.7 Å². The van der Waals surface area contributed by atoms with Crippen molar-refractivity contribution in [2.45, 2.75) is 13.8 Å². The van der Waals surface area contributed by atoms with Crippen LogP contribution in [0.5, 0.6) is 0 Å². The van der Waals surface area contributed by atoms with Gasteiger partial charge in [-0.3, -0.25) is 4.99 Å². The lowest BCUT2D eigenvalue weighted by Gasteiger charge is -2.13. The predicted molar refractivity (Wildman–Crippen MR) is 103 cm³/mol. The molecular formula is C19H19BrN4. The number of rotatable bonds is 4. The number of aryl methyl sites for hydroxylation is 1. The quantitative estimate of drug-likeness (QED) is 0.518. The molecule has 1 N–H and O–H groups in total. The molecule has 3 rings (SSSR count). The number of halogens is 1. The van der Waals surface area contributed by atoms with Gasteiger partial charge in [0.05, 0.1) is 15.9 Å². The van der Waals surface area contributed by atoms with E-state index in [2.05, 4.69) is 31.3 Å². The van der Waals surface area contributed by atoms with E-state index in [1.165, 1.54) is 0 Å². The van der Waals surface area contributed by atoms with Gasteiger partial charge in [0.2, 0.25) is 0 Å². The molecule has 0 unspecified atom stereocenters. The number of para-hydroxylation sites is 1. The SMILES string of the molecule is CCN=C(Nc1c(Br)c(C)nn1-c1ccccc1)c1ccccc1. The number of hydrogen-bond acceptors (Lipinski definition) is 2. The van der Waals surface area contributed by atoms with E-state index in [4.69, 9.17) is 0 Å². The van der Waals surface area contributed by atoms with Crippen molar-refractivity contribution >= 4 is 27.6 Å². The maximum absolute atomic E-state index is 4.64. The van der Waals surface area contributed by atoms with E-state index in [0.717, 1.165) is 33.1 Å². The lowest BCUT2D eigenvalue weighted by molar-refractivity contribution is 0.870. The molecule has 0 spiro atoms. The molecule has 0 amide bonds. The highest BCUT2D eigenvalue weighted by atomic mass is 79.9. The van der Waals surface area contributed by atoms with Crippen LogP contribution in [0.3, 0.4) is 0 Å². The Bertz CT molecular complexity index is 839. The molecule has 0 aliphatic carbocycles. The van der Waals surface area contributed by atoms with Gasteiger partial charge in [-0.25, -0.2) is 4.68 Å². The minimum atomic E-state index is 0.702. The van der Waals surface area contributed by atoms with Crippen molar-refractivity contribution in [3.05, 3.63) is 76.4 Å². The standard InChI is InChI=1S/C19H19BrN4/c1-3-21-18(15-10-6-4-7-11-15)22-19-17(20)14(2)23-24(19)16-12-8-5-9-13-16/h4-13H,3H2,1-2H3,(H,21,22). The van der Waals surface area contributed by atoms with E-state index < -0.39 is 0 Å². The number of nitrogens with zero attached hydrogens (tertiary/aromatic N) is 3. The molecule has 122 valence electrons. The van der Waals surface area contributed by atoms with Crippen LogP contribution in [0.4, 0.5) is 5.82 Å². The highest BCUT2D eigenvalue weighted by Gasteiger charge is 2.16. The maximum atomic E-state index is 4.64. The van der Waals surface area contributed by atoms with Gasteiger partial charge < -0.3 is 5.32 Å². The molecule has 0 aliphatic rings. The van der Waals surface area contributed by atoms with Gasteiger partial charge in [0, 0.05) is 12.1 Å². The van der Waals surface area contributed by atoms with Gasteiger partial charge >= 0.3 is 0 Å². The van der Waals surface area contributed by atoms with Crippen molar-refractivity contribution in [2.75, 3.05) is 11.9 Å². The van der Waals surface area contributed by atoms with E-state index in [9.17, 15) is 0 Å². The zero-order valence-corrected chi connectivity index (χ0v) is 15.3. The van der Waals surface area contributed by atoms with E-state index >= 15 is 0 Å². The number of aliphatic imine (C=N–C) groups is 1. The second-order valence-electron chi connectivity index (χ2n) is 5.31. The number of hydrogen-bond donors (Lipinski definition) is 1. The summed E-state index contributed by atoms with van der Waals surface area (Å²) >= 11 is 3.65. The molecule has 0 aliphatic heterocycles. The molecule has 0 saturated heterocycles. The molecule has 1 heterocycles. The van der Waals surface area contributed by atoms with Crippen LogP contribution in [0.15, 0.2) is 70.1 Å². The Morgan fingerprint density at radius 2 is 1.71 bits per heavy atom. The molecular weight excluding hydrogens is 364 g/mol. The molecule has 2 aromatic carbocycles. The van der Waals surface area contributed by atoms with Gasteiger partial charge in [-0.1, -0.05) is 48.5 Å². The van der Waals surface area contributed by atoms with E-state index in [1.54, 1.807) is 0 Å². The summed E-state index contributed by atoms with van der Waals surface area (Å²) in [6, 6.07) is 20.2. The summed E-state index contributed by atoms with van der Waals surface area (Å²) in [5, 5.41) is 8.10. The first kappa shape index (κ1) is 16.5. The number of nitrogens with one attached hydrogen (secondary N) is 1. The van der Waals surface area contributed by atoms with Crippen LogP contribution in [0.1, 0.15) is 18.2 Å². The maximum Gasteiger partial charge on any atom is 0.150 e. The Hall–Kier alpha value is -2.40. The first-order valence-electron chi connectivity index (χ1n) is 7.88. The van der Waals surface area contributed by atoms with E-state index in [1.807, 2.05) is 79.2 Å². The summed E-state index contributed by atoms with van der Waals surface area (Å²) in [6.07, 6.45) is 0. The summed E-state index contributed by atoms with van der Waals surface area (Å²) in [6.45, 7) is 4.71. The van der Waals surface area contributed by atoms with Gasteiger partial charge in [-0.05, 0) is 41.9 Å². The van der Waals surface area contributed by atoms with E-state index in [-0.39, 0.29) is 0 Å². The third-order valence-electron chi connectivity index (χ3n) is 3.59. The second-order valence-corrected chi connectivity index (χ2v) is 6.10. The van der Waals surface area contributed by atoms with Crippen LogP contribution in [0, 0.1) is 6.92 Å². The monoisotopic (exact) mass is 382 g/mol. The van der Waals surface area contributed by atoms with E-state index in [0.29, 0.717) is 6.54 Å². The van der Waals surface area contributed by atoms with Gasteiger partial charge in [-0.15, -0.1) is 0 Å². The van der Waals surface area contributed by atoms with Crippen LogP contribution < -0.4 is 5.32 Å². The Kier molecular flexibility index (Phi) is 5.11. The molecule has 4 nitrogen and oxygen atoms in total. The average molecular weight is 383 g/mol. The number of anilines is 1. The topological polar surface area (TPSA) is 42.2 Å². The number of aromatic nitrogens is 2. The smallest absolute Gasteiger partial charge is 0.150 e.